The molecule has 1 unspecified atom stereocenters. The van der Waals surface area contributed by atoms with E-state index in [2.05, 4.69) is 20.4 Å². The molecular formula is C25H29FN4O4. The second-order valence-corrected chi connectivity index (χ2v) is 8.32. The molecule has 0 radical (unpaired) electrons. The lowest BCUT2D eigenvalue weighted by molar-refractivity contribution is -0.126. The SMILES string of the molecule is COc1ccc(CCNC(=O)C2CCCN(Cc3nc(-c4ccc(F)cc4)no3)C2)cc1OC. The molecule has 1 aliphatic rings. The first-order valence-electron chi connectivity index (χ1n) is 11.3. The number of carbonyl (C=O) groups excluding carboxylic acids is 1. The lowest BCUT2D eigenvalue weighted by atomic mass is 9.97. The Bertz CT molecular complexity index is 1100. The number of aromatic nitrogens is 2. The van der Waals surface area contributed by atoms with Crippen molar-refractivity contribution in [2.24, 2.45) is 5.92 Å². The van der Waals surface area contributed by atoms with Gasteiger partial charge in [0.2, 0.25) is 17.6 Å². The molecule has 1 saturated heterocycles. The van der Waals surface area contributed by atoms with E-state index in [-0.39, 0.29) is 17.6 Å². The Morgan fingerprint density at radius 3 is 2.74 bits per heavy atom. The lowest BCUT2D eigenvalue weighted by Crippen LogP contribution is -2.43. The number of ether oxygens (including phenoxy) is 2. The summed E-state index contributed by atoms with van der Waals surface area (Å²) in [6.45, 7) is 2.53. The van der Waals surface area contributed by atoms with Gasteiger partial charge in [-0.15, -0.1) is 0 Å². The van der Waals surface area contributed by atoms with E-state index in [0.29, 0.717) is 54.8 Å². The van der Waals surface area contributed by atoms with Crippen LogP contribution in [0.25, 0.3) is 11.4 Å². The number of nitrogens with one attached hydrogen (secondary N) is 1. The lowest BCUT2D eigenvalue weighted by Gasteiger charge is -2.30. The molecule has 1 atom stereocenters. The van der Waals surface area contributed by atoms with Crippen molar-refractivity contribution >= 4 is 5.91 Å². The number of nitrogens with zero attached hydrogens (tertiary/aromatic N) is 3. The van der Waals surface area contributed by atoms with Gasteiger partial charge < -0.3 is 19.3 Å². The number of piperidine rings is 1. The molecule has 1 aliphatic heterocycles. The normalized spacial score (nSPS) is 16.3. The number of benzene rings is 2. The number of halogens is 1. The molecule has 0 saturated carbocycles. The fourth-order valence-corrected chi connectivity index (χ4v) is 4.15. The average Bonchev–Trinajstić information content (AvgIpc) is 3.32. The Hall–Kier alpha value is -3.46. The van der Waals surface area contributed by atoms with E-state index in [0.717, 1.165) is 24.9 Å². The summed E-state index contributed by atoms with van der Waals surface area (Å²) < 4.78 is 29.1. The van der Waals surface area contributed by atoms with Crippen molar-refractivity contribution in [1.29, 1.82) is 0 Å². The summed E-state index contributed by atoms with van der Waals surface area (Å²) in [5, 5.41) is 7.06. The van der Waals surface area contributed by atoms with Crippen LogP contribution in [0.1, 0.15) is 24.3 Å². The van der Waals surface area contributed by atoms with E-state index in [4.69, 9.17) is 14.0 Å². The molecule has 4 rings (SSSR count). The highest BCUT2D eigenvalue weighted by atomic mass is 19.1. The summed E-state index contributed by atoms with van der Waals surface area (Å²) in [6.07, 6.45) is 2.48. The molecule has 180 valence electrons. The van der Waals surface area contributed by atoms with Crippen LogP contribution in [0.2, 0.25) is 0 Å². The van der Waals surface area contributed by atoms with Gasteiger partial charge in [0.15, 0.2) is 11.5 Å². The molecule has 8 nitrogen and oxygen atoms in total. The molecule has 0 spiro atoms. The second-order valence-electron chi connectivity index (χ2n) is 8.32. The summed E-state index contributed by atoms with van der Waals surface area (Å²) in [5.41, 5.74) is 1.76. The Morgan fingerprint density at radius 2 is 1.97 bits per heavy atom. The maximum atomic E-state index is 13.1. The van der Waals surface area contributed by atoms with Gasteiger partial charge in [0.25, 0.3) is 0 Å². The average molecular weight is 469 g/mol. The number of hydrogen-bond donors (Lipinski definition) is 1. The van der Waals surface area contributed by atoms with Crippen LogP contribution in [-0.2, 0) is 17.8 Å². The molecule has 1 aromatic heterocycles. The van der Waals surface area contributed by atoms with Crippen molar-refractivity contribution in [3.8, 4) is 22.9 Å². The van der Waals surface area contributed by atoms with Crippen LogP contribution in [-0.4, -0.2) is 54.8 Å². The van der Waals surface area contributed by atoms with Gasteiger partial charge in [0, 0.05) is 18.7 Å². The first kappa shape index (κ1) is 23.7. The zero-order valence-corrected chi connectivity index (χ0v) is 19.4. The number of carbonyl (C=O) groups is 1. The Balaban J connectivity index is 1.26. The summed E-state index contributed by atoms with van der Waals surface area (Å²) in [7, 11) is 3.21. The zero-order chi connectivity index (χ0) is 23.9. The highest BCUT2D eigenvalue weighted by Gasteiger charge is 2.26. The van der Waals surface area contributed by atoms with Crippen molar-refractivity contribution in [2.75, 3.05) is 33.9 Å². The van der Waals surface area contributed by atoms with Gasteiger partial charge in [-0.3, -0.25) is 9.69 Å². The molecule has 1 fully saturated rings. The first-order chi connectivity index (χ1) is 16.6. The summed E-state index contributed by atoms with van der Waals surface area (Å²) in [5.74, 6) is 1.93. The van der Waals surface area contributed by atoms with Crippen molar-refractivity contribution < 1.29 is 23.2 Å². The molecule has 9 heteroatoms. The number of methoxy groups -OCH3 is 2. The largest absolute Gasteiger partial charge is 0.493 e. The van der Waals surface area contributed by atoms with Gasteiger partial charge in [0.1, 0.15) is 5.82 Å². The van der Waals surface area contributed by atoms with Gasteiger partial charge in [0.05, 0.1) is 26.7 Å². The highest BCUT2D eigenvalue weighted by molar-refractivity contribution is 5.79. The monoisotopic (exact) mass is 468 g/mol. The van der Waals surface area contributed by atoms with Crippen LogP contribution in [0.3, 0.4) is 0 Å². The number of likely N-dealkylation sites (tertiary alicyclic amines) is 1. The number of hydrogen-bond acceptors (Lipinski definition) is 7. The van der Waals surface area contributed by atoms with Crippen LogP contribution in [0.4, 0.5) is 4.39 Å². The van der Waals surface area contributed by atoms with Crippen molar-refractivity contribution in [3.05, 3.63) is 59.7 Å². The van der Waals surface area contributed by atoms with Crippen LogP contribution in [0.15, 0.2) is 47.0 Å². The minimum Gasteiger partial charge on any atom is -0.493 e. The third-order valence-electron chi connectivity index (χ3n) is 5.97. The van der Waals surface area contributed by atoms with Crippen LogP contribution in [0, 0.1) is 11.7 Å². The van der Waals surface area contributed by atoms with E-state index in [1.54, 1.807) is 26.4 Å². The van der Waals surface area contributed by atoms with Crippen molar-refractivity contribution in [3.63, 3.8) is 0 Å². The Labute approximate surface area is 198 Å². The topological polar surface area (TPSA) is 89.7 Å². The smallest absolute Gasteiger partial charge is 0.241 e. The zero-order valence-electron chi connectivity index (χ0n) is 19.4. The molecule has 2 heterocycles. The summed E-state index contributed by atoms with van der Waals surface area (Å²) >= 11 is 0. The van der Waals surface area contributed by atoms with E-state index in [1.165, 1.54) is 12.1 Å². The van der Waals surface area contributed by atoms with Crippen LogP contribution < -0.4 is 14.8 Å². The molecule has 1 N–H and O–H groups in total. The van der Waals surface area contributed by atoms with E-state index in [9.17, 15) is 9.18 Å². The van der Waals surface area contributed by atoms with Gasteiger partial charge in [-0.25, -0.2) is 4.39 Å². The van der Waals surface area contributed by atoms with Crippen LogP contribution >= 0.6 is 0 Å². The van der Waals surface area contributed by atoms with E-state index < -0.39 is 0 Å². The molecule has 1 amide bonds. The van der Waals surface area contributed by atoms with Crippen LogP contribution in [0.5, 0.6) is 11.5 Å². The fourth-order valence-electron chi connectivity index (χ4n) is 4.15. The maximum Gasteiger partial charge on any atom is 0.241 e. The van der Waals surface area contributed by atoms with Crippen molar-refractivity contribution in [2.45, 2.75) is 25.8 Å². The molecule has 34 heavy (non-hydrogen) atoms. The number of amides is 1. The predicted octanol–water partition coefficient (Wildman–Crippen LogP) is 3.46. The van der Waals surface area contributed by atoms with E-state index in [1.807, 2.05) is 18.2 Å². The fraction of sp³-hybridized carbons (Fsp3) is 0.400. The standard InChI is InChI=1S/C25H29FN4O4/c1-32-21-10-5-17(14-22(21)33-2)11-12-27-25(31)19-4-3-13-30(15-19)16-23-28-24(29-34-23)18-6-8-20(26)9-7-18/h5-10,14,19H,3-4,11-13,15-16H2,1-2H3,(H,27,31). The molecule has 0 aliphatic carbocycles. The molecule has 0 bridgehead atoms. The Kier molecular flexibility index (Phi) is 7.74. The minimum absolute atomic E-state index is 0.0581. The van der Waals surface area contributed by atoms with Gasteiger partial charge >= 0.3 is 0 Å². The Morgan fingerprint density at radius 1 is 1.18 bits per heavy atom. The first-order valence-corrected chi connectivity index (χ1v) is 11.3. The van der Waals surface area contributed by atoms with E-state index >= 15 is 0 Å². The third-order valence-corrected chi connectivity index (χ3v) is 5.97. The third kappa shape index (κ3) is 5.91. The summed E-state index contributed by atoms with van der Waals surface area (Å²) in [4.78, 5) is 19.3. The molecular weight excluding hydrogens is 439 g/mol. The minimum atomic E-state index is -0.311. The molecule has 3 aromatic rings. The summed E-state index contributed by atoms with van der Waals surface area (Å²) in [6, 6.07) is 11.7. The second kappa shape index (κ2) is 11.1. The highest BCUT2D eigenvalue weighted by Crippen LogP contribution is 2.27. The number of rotatable bonds is 9. The van der Waals surface area contributed by atoms with Gasteiger partial charge in [-0.1, -0.05) is 11.2 Å². The van der Waals surface area contributed by atoms with Crippen molar-refractivity contribution in [1.82, 2.24) is 20.4 Å². The predicted molar refractivity (Wildman–Crippen MR) is 124 cm³/mol. The molecule has 2 aromatic carbocycles. The maximum absolute atomic E-state index is 13.1. The van der Waals surface area contributed by atoms with Gasteiger partial charge in [-0.05, 0) is 67.8 Å². The quantitative estimate of drug-likeness (QED) is 0.514. The van der Waals surface area contributed by atoms with Gasteiger partial charge in [-0.2, -0.15) is 4.98 Å².